The second-order valence-electron chi connectivity index (χ2n) is 5.34. The first kappa shape index (κ1) is 16.4. The Morgan fingerprint density at radius 2 is 1.84 bits per heavy atom. The van der Waals surface area contributed by atoms with Crippen LogP contribution in [-0.2, 0) is 9.59 Å². The van der Waals surface area contributed by atoms with Crippen molar-refractivity contribution in [3.63, 3.8) is 0 Å². The number of aliphatic imine (C=N–C) groups is 1. The average molecular weight is 335 g/mol. The van der Waals surface area contributed by atoms with Crippen molar-refractivity contribution < 1.29 is 19.4 Å². The summed E-state index contributed by atoms with van der Waals surface area (Å²) in [5, 5.41) is 11.0. The van der Waals surface area contributed by atoms with Crippen LogP contribution >= 0.6 is 0 Å². The van der Waals surface area contributed by atoms with Crippen molar-refractivity contribution in [3.8, 4) is 5.75 Å². The lowest BCUT2D eigenvalue weighted by atomic mass is 10.1. The molecule has 6 nitrogen and oxygen atoms in total. The first-order valence-corrected chi connectivity index (χ1v) is 7.60. The molecule has 1 aliphatic heterocycles. The number of carboxylic acids is 1. The molecule has 2 aromatic rings. The fraction of sp³-hybridized carbons (Fsp3) is 0.105. The number of aliphatic carboxylic acids is 1. The maximum Gasteiger partial charge on any atom is 0.278 e. The minimum atomic E-state index is -1.35. The van der Waals surface area contributed by atoms with Gasteiger partial charge in [-0.2, -0.15) is 0 Å². The van der Waals surface area contributed by atoms with E-state index < -0.39 is 18.4 Å². The highest BCUT2D eigenvalue weighted by Gasteiger charge is 2.31. The Morgan fingerprint density at radius 1 is 1.16 bits per heavy atom. The van der Waals surface area contributed by atoms with Crippen molar-refractivity contribution in [2.45, 2.75) is 0 Å². The maximum atomic E-state index is 12.6. The van der Waals surface area contributed by atoms with E-state index in [-0.39, 0.29) is 11.5 Å². The van der Waals surface area contributed by atoms with Crippen LogP contribution in [0, 0.1) is 0 Å². The second-order valence-corrected chi connectivity index (χ2v) is 5.34. The molecule has 0 aliphatic carbocycles. The van der Waals surface area contributed by atoms with Crippen LogP contribution in [0.4, 0.5) is 0 Å². The van der Waals surface area contributed by atoms with E-state index in [0.717, 1.165) is 4.90 Å². The van der Waals surface area contributed by atoms with Crippen LogP contribution in [0.2, 0.25) is 0 Å². The molecule has 0 bridgehead atoms. The minimum Gasteiger partial charge on any atom is -0.548 e. The van der Waals surface area contributed by atoms with Gasteiger partial charge in [-0.05, 0) is 12.1 Å². The highest BCUT2D eigenvalue weighted by Crippen LogP contribution is 2.25. The zero-order valence-electron chi connectivity index (χ0n) is 13.5. The van der Waals surface area contributed by atoms with Gasteiger partial charge in [-0.15, -0.1) is 0 Å². The molecule has 3 rings (SSSR count). The summed E-state index contributed by atoms with van der Waals surface area (Å²) in [6.07, 6.45) is 1.58. The Balaban J connectivity index is 2.06. The van der Waals surface area contributed by atoms with Gasteiger partial charge in [0.1, 0.15) is 17.3 Å². The summed E-state index contributed by atoms with van der Waals surface area (Å²) in [5.74, 6) is -0.960. The molecular weight excluding hydrogens is 320 g/mol. The summed E-state index contributed by atoms with van der Waals surface area (Å²) >= 11 is 0. The van der Waals surface area contributed by atoms with Gasteiger partial charge in [-0.25, -0.2) is 4.99 Å². The fourth-order valence-electron chi connectivity index (χ4n) is 2.57. The number of carboxylic acid groups (broad SMARTS) is 1. The maximum absolute atomic E-state index is 12.6. The number of rotatable bonds is 5. The Morgan fingerprint density at radius 3 is 2.52 bits per heavy atom. The number of nitrogens with zero attached hydrogens (tertiary/aromatic N) is 2. The summed E-state index contributed by atoms with van der Waals surface area (Å²) in [5.41, 5.74) is 1.48. The van der Waals surface area contributed by atoms with E-state index in [1.807, 2.05) is 18.2 Å². The Hall–Kier alpha value is -3.41. The molecule has 0 fully saturated rings. The standard InChI is InChI=1S/C19H16N2O4/c1-25-16-10-6-5-9-14(16)11-15-19(24)21(12-17(22)23)18(20-15)13-7-3-2-4-8-13/h2-11H,12H2,1H3,(H,22,23)/p-1/b15-11-. The van der Waals surface area contributed by atoms with E-state index in [9.17, 15) is 14.7 Å². The molecule has 0 aromatic heterocycles. The van der Waals surface area contributed by atoms with Gasteiger partial charge >= 0.3 is 0 Å². The van der Waals surface area contributed by atoms with Gasteiger partial charge in [0.15, 0.2) is 0 Å². The molecule has 1 amide bonds. The minimum absolute atomic E-state index is 0.143. The number of methoxy groups -OCH3 is 1. The molecule has 6 heteroatoms. The summed E-state index contributed by atoms with van der Waals surface area (Å²) in [6.45, 7) is -0.560. The molecule has 2 aromatic carbocycles. The number of hydrogen-bond acceptors (Lipinski definition) is 5. The smallest absolute Gasteiger partial charge is 0.278 e. The third-order valence-corrected chi connectivity index (χ3v) is 3.70. The molecule has 0 radical (unpaired) electrons. The highest BCUT2D eigenvalue weighted by atomic mass is 16.5. The molecule has 1 aliphatic rings. The lowest BCUT2D eigenvalue weighted by Crippen LogP contribution is -2.42. The third-order valence-electron chi connectivity index (χ3n) is 3.70. The zero-order valence-corrected chi connectivity index (χ0v) is 13.5. The second kappa shape index (κ2) is 7.00. The Labute approximate surface area is 144 Å². The van der Waals surface area contributed by atoms with E-state index in [0.29, 0.717) is 16.9 Å². The number of benzene rings is 2. The van der Waals surface area contributed by atoms with Crippen LogP contribution in [-0.4, -0.2) is 36.3 Å². The van der Waals surface area contributed by atoms with Gasteiger partial charge in [-0.3, -0.25) is 9.69 Å². The van der Waals surface area contributed by atoms with Crippen molar-refractivity contribution in [1.29, 1.82) is 0 Å². The van der Waals surface area contributed by atoms with Gasteiger partial charge in [0.2, 0.25) is 0 Å². The van der Waals surface area contributed by atoms with Gasteiger partial charge in [0.05, 0.1) is 19.6 Å². The normalized spacial score (nSPS) is 15.4. The van der Waals surface area contributed by atoms with E-state index >= 15 is 0 Å². The van der Waals surface area contributed by atoms with Crippen molar-refractivity contribution in [2.24, 2.45) is 4.99 Å². The molecule has 0 atom stereocenters. The average Bonchev–Trinajstić information content (AvgIpc) is 2.92. The summed E-state index contributed by atoms with van der Waals surface area (Å²) in [4.78, 5) is 29.1. The lowest BCUT2D eigenvalue weighted by molar-refractivity contribution is -0.305. The molecule has 0 spiro atoms. The Kier molecular flexibility index (Phi) is 4.61. The zero-order chi connectivity index (χ0) is 17.8. The van der Waals surface area contributed by atoms with Gasteiger partial charge in [0, 0.05) is 11.1 Å². The van der Waals surface area contributed by atoms with E-state index in [4.69, 9.17) is 4.74 Å². The molecule has 25 heavy (non-hydrogen) atoms. The van der Waals surface area contributed by atoms with Gasteiger partial charge in [-0.1, -0.05) is 48.5 Å². The van der Waals surface area contributed by atoms with Crippen molar-refractivity contribution in [2.75, 3.05) is 13.7 Å². The van der Waals surface area contributed by atoms with Crippen LogP contribution in [0.15, 0.2) is 65.3 Å². The van der Waals surface area contributed by atoms with Crippen LogP contribution < -0.4 is 9.84 Å². The SMILES string of the molecule is COc1ccccc1/C=C1\N=C(c2ccccc2)N(CC(=O)[O-])C1=O. The first-order valence-electron chi connectivity index (χ1n) is 7.60. The molecule has 0 unspecified atom stereocenters. The lowest BCUT2D eigenvalue weighted by Gasteiger charge is -2.18. The number of para-hydroxylation sites is 1. The van der Waals surface area contributed by atoms with E-state index in [1.54, 1.807) is 42.5 Å². The number of amides is 1. The number of amidine groups is 1. The first-order chi connectivity index (χ1) is 12.1. The fourth-order valence-corrected chi connectivity index (χ4v) is 2.57. The Bertz CT molecular complexity index is 872. The quantitative estimate of drug-likeness (QED) is 0.766. The van der Waals surface area contributed by atoms with Crippen molar-refractivity contribution in [3.05, 3.63) is 71.4 Å². The third kappa shape index (κ3) is 3.42. The number of ether oxygens (including phenoxy) is 1. The molecule has 1 heterocycles. The largest absolute Gasteiger partial charge is 0.548 e. The molecular formula is C19H15N2O4-. The van der Waals surface area contributed by atoms with Crippen LogP contribution in [0.3, 0.4) is 0 Å². The summed E-state index contributed by atoms with van der Waals surface area (Å²) in [7, 11) is 1.54. The van der Waals surface area contributed by atoms with Crippen molar-refractivity contribution in [1.82, 2.24) is 4.90 Å². The van der Waals surface area contributed by atoms with Crippen molar-refractivity contribution >= 4 is 23.8 Å². The van der Waals surface area contributed by atoms with Gasteiger partial charge in [0.25, 0.3) is 5.91 Å². The number of carbonyl (C=O) groups excluding carboxylic acids is 2. The van der Waals surface area contributed by atoms with E-state index in [2.05, 4.69) is 4.99 Å². The highest BCUT2D eigenvalue weighted by molar-refractivity contribution is 6.20. The number of hydrogen-bond donors (Lipinski definition) is 0. The van der Waals surface area contributed by atoms with Crippen LogP contribution in [0.25, 0.3) is 6.08 Å². The molecule has 0 saturated heterocycles. The summed E-state index contributed by atoms with van der Waals surface area (Å²) < 4.78 is 5.27. The molecule has 0 N–H and O–H groups in total. The molecule has 126 valence electrons. The van der Waals surface area contributed by atoms with Crippen LogP contribution in [0.5, 0.6) is 5.75 Å². The summed E-state index contributed by atoms with van der Waals surface area (Å²) in [6, 6.07) is 16.1. The van der Waals surface area contributed by atoms with Gasteiger partial charge < -0.3 is 14.6 Å². The predicted octanol–water partition coefficient (Wildman–Crippen LogP) is 1.07. The van der Waals surface area contributed by atoms with Crippen LogP contribution in [0.1, 0.15) is 11.1 Å². The monoisotopic (exact) mass is 335 g/mol. The predicted molar refractivity (Wildman–Crippen MR) is 90.7 cm³/mol. The van der Waals surface area contributed by atoms with E-state index in [1.165, 1.54) is 7.11 Å². The topological polar surface area (TPSA) is 82.0 Å². The number of carbonyl (C=O) groups is 2. The molecule has 0 saturated carbocycles.